The van der Waals surface area contributed by atoms with E-state index >= 15 is 0 Å². The van der Waals surface area contributed by atoms with Crippen molar-refractivity contribution in [3.63, 3.8) is 0 Å². The van der Waals surface area contributed by atoms with E-state index in [2.05, 4.69) is 15.7 Å². The van der Waals surface area contributed by atoms with Gasteiger partial charge in [-0.2, -0.15) is 5.10 Å². The molecule has 0 aliphatic heterocycles. The van der Waals surface area contributed by atoms with Gasteiger partial charge in [-0.25, -0.2) is 4.68 Å². The van der Waals surface area contributed by atoms with E-state index in [0.29, 0.717) is 17.8 Å². The molecule has 0 saturated heterocycles. The number of aryl methyl sites for hydroxylation is 1. The second kappa shape index (κ2) is 8.09. The zero-order valence-electron chi connectivity index (χ0n) is 16.0. The van der Waals surface area contributed by atoms with Crippen molar-refractivity contribution in [3.8, 4) is 5.69 Å². The monoisotopic (exact) mass is 408 g/mol. The maximum atomic E-state index is 12.7. The third-order valence-electron chi connectivity index (χ3n) is 4.83. The van der Waals surface area contributed by atoms with E-state index < -0.39 is 0 Å². The van der Waals surface area contributed by atoms with Crippen molar-refractivity contribution < 1.29 is 9.59 Å². The van der Waals surface area contributed by atoms with Gasteiger partial charge in [-0.1, -0.05) is 41.9 Å². The standard InChI is InChI=1S/C22H21ClN4O2/c1-14-19(20(23)27(26-14)18-8-3-2-4-9-18)22(29)24-13-15-6-5-7-17(12-15)25-21(28)16-10-11-16/h2-9,12,16H,10-11,13H2,1H3,(H,24,29)(H,25,28). The van der Waals surface area contributed by atoms with Crippen LogP contribution in [-0.4, -0.2) is 21.6 Å². The van der Waals surface area contributed by atoms with E-state index in [1.165, 1.54) is 0 Å². The molecule has 1 fully saturated rings. The van der Waals surface area contributed by atoms with Crippen LogP contribution in [0.4, 0.5) is 5.69 Å². The van der Waals surface area contributed by atoms with Crippen LogP contribution in [0.1, 0.15) is 34.5 Å². The summed E-state index contributed by atoms with van der Waals surface area (Å²) in [4.78, 5) is 24.7. The molecule has 2 N–H and O–H groups in total. The minimum Gasteiger partial charge on any atom is -0.348 e. The number of rotatable bonds is 6. The van der Waals surface area contributed by atoms with E-state index in [0.717, 1.165) is 29.8 Å². The molecule has 7 heteroatoms. The molecule has 0 spiro atoms. The average molecular weight is 409 g/mol. The molecule has 3 aromatic rings. The molecule has 1 heterocycles. The molecule has 0 unspecified atom stereocenters. The van der Waals surface area contributed by atoms with Crippen LogP contribution >= 0.6 is 11.6 Å². The van der Waals surface area contributed by atoms with Crippen LogP contribution in [0.5, 0.6) is 0 Å². The lowest BCUT2D eigenvalue weighted by Crippen LogP contribution is -2.23. The summed E-state index contributed by atoms with van der Waals surface area (Å²) < 4.78 is 1.56. The molecule has 1 aliphatic carbocycles. The second-order valence-electron chi connectivity index (χ2n) is 7.15. The number of hydrogen-bond acceptors (Lipinski definition) is 3. The van der Waals surface area contributed by atoms with Gasteiger partial charge in [0.15, 0.2) is 0 Å². The Labute approximate surface area is 173 Å². The van der Waals surface area contributed by atoms with E-state index in [1.54, 1.807) is 11.6 Å². The Bertz CT molecular complexity index is 1060. The highest BCUT2D eigenvalue weighted by atomic mass is 35.5. The summed E-state index contributed by atoms with van der Waals surface area (Å²) in [5, 5.41) is 10.5. The molecule has 2 amide bonds. The summed E-state index contributed by atoms with van der Waals surface area (Å²) in [5.41, 5.74) is 3.32. The Kier molecular flexibility index (Phi) is 5.36. The highest BCUT2D eigenvalue weighted by Gasteiger charge is 2.29. The Morgan fingerprint density at radius 2 is 1.90 bits per heavy atom. The molecule has 1 aromatic heterocycles. The largest absolute Gasteiger partial charge is 0.348 e. The van der Waals surface area contributed by atoms with Gasteiger partial charge in [0.05, 0.1) is 16.9 Å². The molecule has 148 valence electrons. The number of benzene rings is 2. The Hall–Kier alpha value is -3.12. The lowest BCUT2D eigenvalue weighted by atomic mass is 10.2. The van der Waals surface area contributed by atoms with Crippen LogP contribution in [-0.2, 0) is 11.3 Å². The van der Waals surface area contributed by atoms with E-state index in [-0.39, 0.29) is 22.9 Å². The molecule has 29 heavy (non-hydrogen) atoms. The second-order valence-corrected chi connectivity index (χ2v) is 7.50. The van der Waals surface area contributed by atoms with Gasteiger partial charge in [0, 0.05) is 18.2 Å². The number of aromatic nitrogens is 2. The number of amides is 2. The molecule has 1 aliphatic rings. The summed E-state index contributed by atoms with van der Waals surface area (Å²) in [6.07, 6.45) is 1.91. The van der Waals surface area contributed by atoms with Gasteiger partial charge >= 0.3 is 0 Å². The van der Waals surface area contributed by atoms with Crippen molar-refractivity contribution in [3.05, 3.63) is 76.6 Å². The number of carbonyl (C=O) groups is 2. The lowest BCUT2D eigenvalue weighted by molar-refractivity contribution is -0.117. The number of para-hydroxylation sites is 1. The molecular formula is C22H21ClN4O2. The maximum Gasteiger partial charge on any atom is 0.256 e. The highest BCUT2D eigenvalue weighted by Crippen LogP contribution is 2.30. The normalized spacial score (nSPS) is 13.2. The molecule has 6 nitrogen and oxygen atoms in total. The Morgan fingerprint density at radius 1 is 1.14 bits per heavy atom. The number of halogens is 1. The smallest absolute Gasteiger partial charge is 0.256 e. The van der Waals surface area contributed by atoms with E-state index in [9.17, 15) is 9.59 Å². The maximum absolute atomic E-state index is 12.7. The summed E-state index contributed by atoms with van der Waals surface area (Å²) in [7, 11) is 0. The minimum atomic E-state index is -0.290. The Balaban J connectivity index is 1.45. The van der Waals surface area contributed by atoms with Gasteiger partial charge in [0.25, 0.3) is 5.91 Å². The summed E-state index contributed by atoms with van der Waals surface area (Å²) >= 11 is 6.45. The summed E-state index contributed by atoms with van der Waals surface area (Å²) in [5.74, 6) is -0.0892. The first-order valence-electron chi connectivity index (χ1n) is 9.51. The van der Waals surface area contributed by atoms with Crippen molar-refractivity contribution >= 4 is 29.1 Å². The van der Waals surface area contributed by atoms with Crippen molar-refractivity contribution in [2.75, 3.05) is 5.32 Å². The quantitative estimate of drug-likeness (QED) is 0.644. The summed E-state index contributed by atoms with van der Waals surface area (Å²) in [6, 6.07) is 16.9. The predicted molar refractivity (Wildman–Crippen MR) is 112 cm³/mol. The fourth-order valence-electron chi connectivity index (χ4n) is 3.12. The molecule has 2 aromatic carbocycles. The SMILES string of the molecule is Cc1nn(-c2ccccc2)c(Cl)c1C(=O)NCc1cccc(NC(=O)C2CC2)c1. The van der Waals surface area contributed by atoms with E-state index in [4.69, 9.17) is 11.6 Å². The van der Waals surface area contributed by atoms with Crippen molar-refractivity contribution in [2.45, 2.75) is 26.3 Å². The third kappa shape index (κ3) is 4.32. The molecular weight excluding hydrogens is 388 g/mol. The van der Waals surface area contributed by atoms with E-state index in [1.807, 2.05) is 54.6 Å². The van der Waals surface area contributed by atoms with Gasteiger partial charge in [0.2, 0.25) is 5.91 Å². The first-order chi connectivity index (χ1) is 14.0. The molecule has 0 radical (unpaired) electrons. The number of hydrogen-bond donors (Lipinski definition) is 2. The number of carbonyl (C=O) groups excluding carboxylic acids is 2. The minimum absolute atomic E-state index is 0.0573. The van der Waals surface area contributed by atoms with Crippen molar-refractivity contribution in [1.29, 1.82) is 0 Å². The fourth-order valence-corrected chi connectivity index (χ4v) is 3.47. The molecule has 0 bridgehead atoms. The van der Waals surface area contributed by atoms with Crippen molar-refractivity contribution in [2.24, 2.45) is 5.92 Å². The fraction of sp³-hybridized carbons (Fsp3) is 0.227. The summed E-state index contributed by atoms with van der Waals surface area (Å²) in [6.45, 7) is 2.08. The number of nitrogens with zero attached hydrogens (tertiary/aromatic N) is 2. The van der Waals surface area contributed by atoms with Crippen LogP contribution in [0.3, 0.4) is 0 Å². The number of nitrogens with one attached hydrogen (secondary N) is 2. The zero-order valence-corrected chi connectivity index (χ0v) is 16.7. The van der Waals surface area contributed by atoms with Gasteiger partial charge in [0.1, 0.15) is 5.15 Å². The molecule has 1 saturated carbocycles. The van der Waals surface area contributed by atoms with Gasteiger partial charge in [-0.3, -0.25) is 9.59 Å². The first-order valence-corrected chi connectivity index (χ1v) is 9.89. The van der Waals surface area contributed by atoms with Crippen molar-refractivity contribution in [1.82, 2.24) is 15.1 Å². The molecule has 0 atom stereocenters. The van der Waals surface area contributed by atoms with Crippen LogP contribution < -0.4 is 10.6 Å². The number of anilines is 1. The van der Waals surface area contributed by atoms with Crippen LogP contribution in [0.15, 0.2) is 54.6 Å². The van der Waals surface area contributed by atoms with Gasteiger partial charge < -0.3 is 10.6 Å². The lowest BCUT2D eigenvalue weighted by Gasteiger charge is -2.09. The predicted octanol–water partition coefficient (Wildman–Crippen LogP) is 4.11. The van der Waals surface area contributed by atoms with Gasteiger partial charge in [-0.15, -0.1) is 0 Å². The van der Waals surface area contributed by atoms with Crippen LogP contribution in [0, 0.1) is 12.8 Å². The Morgan fingerprint density at radius 3 is 2.62 bits per heavy atom. The topological polar surface area (TPSA) is 76.0 Å². The van der Waals surface area contributed by atoms with Gasteiger partial charge in [-0.05, 0) is 49.6 Å². The first kappa shape index (κ1) is 19.2. The third-order valence-corrected chi connectivity index (χ3v) is 5.18. The van der Waals surface area contributed by atoms with Crippen LogP contribution in [0.25, 0.3) is 5.69 Å². The zero-order chi connectivity index (χ0) is 20.4. The molecule has 4 rings (SSSR count). The average Bonchev–Trinajstić information content (AvgIpc) is 3.53. The van der Waals surface area contributed by atoms with Crippen LogP contribution in [0.2, 0.25) is 5.15 Å². The highest BCUT2D eigenvalue weighted by molar-refractivity contribution is 6.33.